The molecule has 2 nitrogen and oxygen atoms in total. The number of nitrogens with zero attached hydrogens (tertiary/aromatic N) is 2. The van der Waals surface area contributed by atoms with Crippen LogP contribution in [0.15, 0.2) is 142 Å². The van der Waals surface area contributed by atoms with Gasteiger partial charge in [-0.1, -0.05) is 157 Å². The van der Waals surface area contributed by atoms with Crippen molar-refractivity contribution in [3.8, 4) is 22.5 Å². The van der Waals surface area contributed by atoms with E-state index in [1.807, 2.05) is 0 Å². The van der Waals surface area contributed by atoms with Gasteiger partial charge in [-0.2, -0.15) is 0 Å². The van der Waals surface area contributed by atoms with E-state index in [-0.39, 0.29) is 0 Å². The summed E-state index contributed by atoms with van der Waals surface area (Å²) in [5.41, 5.74) is 15.3. The molecule has 0 amide bonds. The Hall–Kier alpha value is -5.16. The number of hydrogen-bond donors (Lipinski definition) is 0. The Labute approximate surface area is 382 Å². The van der Waals surface area contributed by atoms with Crippen molar-refractivity contribution in [3.05, 3.63) is 165 Å². The van der Waals surface area contributed by atoms with Crippen LogP contribution in [-0.2, 0) is 12.8 Å². The van der Waals surface area contributed by atoms with E-state index in [1.54, 1.807) is 0 Å². The fourth-order valence-electron chi connectivity index (χ4n) is 10.2. The molecule has 8 aromatic carbocycles. The predicted octanol–water partition coefficient (Wildman–Crippen LogP) is 18.2. The number of fused-ring (bicyclic) bond motifs is 10. The zero-order chi connectivity index (χ0) is 42.5. The molecule has 2 aromatic heterocycles. The monoisotopic (exact) mass is 936 g/mol. The third-order valence-electron chi connectivity index (χ3n) is 13.4. The van der Waals surface area contributed by atoms with E-state index in [0.29, 0.717) is 0 Å². The van der Waals surface area contributed by atoms with Crippen LogP contribution in [0.4, 0.5) is 0 Å². The van der Waals surface area contributed by atoms with Crippen molar-refractivity contribution >= 4 is 97.0 Å². The highest BCUT2D eigenvalue weighted by molar-refractivity contribution is 9.10. The molecule has 0 N–H and O–H groups in total. The molecule has 0 fully saturated rings. The Morgan fingerprint density at radius 3 is 1.48 bits per heavy atom. The maximum Gasteiger partial charge on any atom is 0.0547 e. The molecular formula is C58H54Br2N2. The summed E-state index contributed by atoms with van der Waals surface area (Å²) in [6, 6.07) is 51.0. The minimum absolute atomic E-state index is 1.06. The fourth-order valence-corrected chi connectivity index (χ4v) is 11.2. The van der Waals surface area contributed by atoms with Crippen LogP contribution in [0, 0.1) is 13.8 Å². The van der Waals surface area contributed by atoms with Crippen LogP contribution in [0.3, 0.4) is 0 Å². The van der Waals surface area contributed by atoms with Crippen LogP contribution in [0.5, 0.6) is 0 Å². The van der Waals surface area contributed by atoms with E-state index >= 15 is 0 Å². The Bertz CT molecular complexity index is 3330. The molecule has 310 valence electrons. The normalized spacial score (nSPS) is 12.0. The second-order valence-electron chi connectivity index (χ2n) is 17.6. The molecule has 2 heterocycles. The van der Waals surface area contributed by atoms with Gasteiger partial charge in [-0.3, -0.25) is 0 Å². The highest BCUT2D eigenvalue weighted by Gasteiger charge is 2.21. The first-order valence-electron chi connectivity index (χ1n) is 22.9. The average Bonchev–Trinajstić information content (AvgIpc) is 3.81. The van der Waals surface area contributed by atoms with E-state index in [4.69, 9.17) is 0 Å². The second kappa shape index (κ2) is 17.2. The first-order chi connectivity index (χ1) is 30.3. The number of unbranched alkanes of at least 4 members (excludes halogenated alkanes) is 6. The van der Waals surface area contributed by atoms with E-state index in [9.17, 15) is 0 Å². The smallest absolute Gasteiger partial charge is 0.0547 e. The van der Waals surface area contributed by atoms with E-state index in [0.717, 1.165) is 12.8 Å². The van der Waals surface area contributed by atoms with Gasteiger partial charge in [0.2, 0.25) is 0 Å². The summed E-state index contributed by atoms with van der Waals surface area (Å²) in [4.78, 5) is 0. The van der Waals surface area contributed by atoms with Gasteiger partial charge in [0.1, 0.15) is 0 Å². The molecule has 0 saturated heterocycles. The quantitative estimate of drug-likeness (QED) is 0.102. The lowest BCUT2D eigenvalue weighted by atomic mass is 9.98. The number of aryl methyl sites for hydroxylation is 4. The molecule has 0 aliphatic rings. The third-order valence-corrected chi connectivity index (χ3v) is 15.0. The van der Waals surface area contributed by atoms with Gasteiger partial charge in [-0.25, -0.2) is 0 Å². The topological polar surface area (TPSA) is 9.86 Å². The summed E-state index contributed by atoms with van der Waals surface area (Å²) in [7, 11) is 0. The summed E-state index contributed by atoms with van der Waals surface area (Å²) in [5, 5.41) is 10.3. The molecule has 0 radical (unpaired) electrons. The largest absolute Gasteiger partial charge is 0.309 e. The minimum Gasteiger partial charge on any atom is -0.309 e. The number of hydrogen-bond acceptors (Lipinski definition) is 0. The first kappa shape index (κ1) is 40.9. The summed E-state index contributed by atoms with van der Waals surface area (Å²) in [6.45, 7) is 9.05. The summed E-state index contributed by atoms with van der Waals surface area (Å²) < 4.78 is 7.48. The van der Waals surface area contributed by atoms with Gasteiger partial charge in [0.25, 0.3) is 0 Å². The van der Waals surface area contributed by atoms with Crippen molar-refractivity contribution in [2.45, 2.75) is 91.9 Å². The zero-order valence-corrected chi connectivity index (χ0v) is 39.6. The molecule has 0 aliphatic heterocycles. The molecule has 0 unspecified atom stereocenters. The van der Waals surface area contributed by atoms with Crippen LogP contribution < -0.4 is 0 Å². The van der Waals surface area contributed by atoms with Gasteiger partial charge in [-0.05, 0) is 155 Å². The predicted molar refractivity (Wildman–Crippen MR) is 276 cm³/mol. The molecule has 62 heavy (non-hydrogen) atoms. The molecule has 0 saturated carbocycles. The summed E-state index contributed by atoms with van der Waals surface area (Å²) in [6.07, 6.45) is 12.1. The van der Waals surface area contributed by atoms with Crippen molar-refractivity contribution in [3.63, 3.8) is 0 Å². The summed E-state index contributed by atoms with van der Waals surface area (Å²) >= 11 is 7.86. The molecule has 0 atom stereocenters. The van der Waals surface area contributed by atoms with E-state index in [2.05, 4.69) is 202 Å². The highest BCUT2D eigenvalue weighted by atomic mass is 79.9. The van der Waals surface area contributed by atoms with Gasteiger partial charge in [0.05, 0.1) is 22.1 Å². The maximum absolute atomic E-state index is 3.95. The number of rotatable bonds is 13. The summed E-state index contributed by atoms with van der Waals surface area (Å²) in [5.74, 6) is 0. The first-order valence-corrected chi connectivity index (χ1v) is 24.4. The lowest BCUT2D eigenvalue weighted by Crippen LogP contribution is -2.02. The number of halogens is 2. The maximum atomic E-state index is 3.95. The van der Waals surface area contributed by atoms with Crippen LogP contribution >= 0.6 is 31.9 Å². The van der Waals surface area contributed by atoms with Crippen molar-refractivity contribution in [2.75, 3.05) is 0 Å². The molecule has 0 bridgehead atoms. The molecule has 0 spiro atoms. The van der Waals surface area contributed by atoms with Crippen molar-refractivity contribution in [1.29, 1.82) is 0 Å². The Kier molecular flexibility index (Phi) is 11.3. The SMILES string of the molecule is CCCCCCc1cc(-n2c3ccc(-c4ccc5c(c4)c4c6ccccc6ccc4n5-c4cc(C)c(Br)cc4CCCCCC)cc3c3c4ccccc4ccc32)c(C)cc1Br. The second-order valence-corrected chi connectivity index (χ2v) is 19.3. The molecule has 10 aromatic rings. The lowest BCUT2D eigenvalue weighted by molar-refractivity contribution is 0.666. The van der Waals surface area contributed by atoms with Gasteiger partial charge >= 0.3 is 0 Å². The number of aromatic nitrogens is 2. The van der Waals surface area contributed by atoms with Crippen molar-refractivity contribution < 1.29 is 0 Å². The van der Waals surface area contributed by atoms with Crippen LogP contribution in [0.25, 0.3) is 87.7 Å². The Morgan fingerprint density at radius 2 is 0.919 bits per heavy atom. The van der Waals surface area contributed by atoms with Gasteiger partial charge in [0, 0.05) is 41.9 Å². The lowest BCUT2D eigenvalue weighted by Gasteiger charge is -2.16. The molecule has 4 heteroatoms. The fraction of sp³-hybridized carbons (Fsp3) is 0.241. The van der Waals surface area contributed by atoms with Crippen molar-refractivity contribution in [1.82, 2.24) is 9.13 Å². The van der Waals surface area contributed by atoms with Gasteiger partial charge < -0.3 is 9.13 Å². The minimum atomic E-state index is 1.06. The van der Waals surface area contributed by atoms with Gasteiger partial charge in [0.15, 0.2) is 0 Å². The Morgan fingerprint density at radius 1 is 0.403 bits per heavy atom. The molecule has 10 rings (SSSR count). The van der Waals surface area contributed by atoms with Crippen molar-refractivity contribution in [2.24, 2.45) is 0 Å². The zero-order valence-electron chi connectivity index (χ0n) is 36.4. The number of benzene rings is 8. The highest BCUT2D eigenvalue weighted by Crippen LogP contribution is 2.43. The average molecular weight is 939 g/mol. The van der Waals surface area contributed by atoms with E-state index < -0.39 is 0 Å². The van der Waals surface area contributed by atoms with Crippen LogP contribution in [0.2, 0.25) is 0 Å². The molecule has 0 aliphatic carbocycles. The van der Waals surface area contributed by atoms with Gasteiger partial charge in [-0.15, -0.1) is 0 Å². The van der Waals surface area contributed by atoms with Crippen LogP contribution in [-0.4, -0.2) is 9.13 Å². The van der Waals surface area contributed by atoms with E-state index in [1.165, 1.54) is 170 Å². The standard InChI is InChI=1S/C58H54Br2N2/c1-5-7-9-11-19-43-36-55(38(4)31-50(43)60)61-51-27-25-41(33-47(51)57-45-21-15-13-17-39(45)23-29-53(57)61)42-26-28-52-48(34-42)58-46-22-16-14-18-40(46)24-30-54(58)62(52)56-32-37(3)49(59)35-44(56)20-12-10-8-6-2/h13-18,21-36H,5-12,19-20H2,1-4H3. The van der Waals surface area contributed by atoms with Crippen LogP contribution in [0.1, 0.15) is 87.5 Å². The Balaban J connectivity index is 1.19. The molecular weight excluding hydrogens is 884 g/mol. The third kappa shape index (κ3) is 7.18.